The Morgan fingerprint density at radius 1 is 1.13 bits per heavy atom. The van der Waals surface area contributed by atoms with Crippen molar-refractivity contribution in [2.75, 3.05) is 7.11 Å². The summed E-state index contributed by atoms with van der Waals surface area (Å²) in [6, 6.07) is 0. The summed E-state index contributed by atoms with van der Waals surface area (Å²) in [4.78, 5) is 32.7. The molecule has 4 heteroatoms. The minimum atomic E-state index is -0.506. The quantitative estimate of drug-likeness (QED) is 0.493. The molecule has 0 atom stereocenters. The molecule has 0 amide bonds. The maximum atomic E-state index is 11.2. The second kappa shape index (κ2) is 6.92. The van der Waals surface area contributed by atoms with Gasteiger partial charge in [-0.1, -0.05) is 6.08 Å². The molecule has 4 nitrogen and oxygen atoms in total. The van der Waals surface area contributed by atoms with Crippen LogP contribution in [-0.2, 0) is 19.1 Å². The average molecular weight is 212 g/mol. The van der Waals surface area contributed by atoms with Gasteiger partial charge in [-0.2, -0.15) is 0 Å². The average Bonchev–Trinajstić information content (AvgIpc) is 2.14. The van der Waals surface area contributed by atoms with Crippen LogP contribution in [0.2, 0.25) is 0 Å². The Morgan fingerprint density at radius 2 is 1.73 bits per heavy atom. The maximum absolute atomic E-state index is 11.2. The van der Waals surface area contributed by atoms with E-state index in [1.165, 1.54) is 21.0 Å². The standard InChI is InChI=1S/C11H16O4/c1-8(12)5-4-6-10(7-9(2)13)11(14)15-3/h6H,4-5,7H2,1-3H3/b10-6+. The third-order valence-electron chi connectivity index (χ3n) is 1.77. The van der Waals surface area contributed by atoms with Crippen molar-refractivity contribution in [1.29, 1.82) is 0 Å². The molecule has 0 radical (unpaired) electrons. The predicted molar refractivity (Wildman–Crippen MR) is 55.3 cm³/mol. The van der Waals surface area contributed by atoms with Crippen molar-refractivity contribution in [3.63, 3.8) is 0 Å². The van der Waals surface area contributed by atoms with Crippen LogP contribution in [0.1, 0.15) is 33.1 Å². The number of Topliss-reactive ketones (excluding diaryl/α,β-unsaturated/α-hetero) is 2. The third-order valence-corrected chi connectivity index (χ3v) is 1.77. The highest BCUT2D eigenvalue weighted by atomic mass is 16.5. The smallest absolute Gasteiger partial charge is 0.333 e. The van der Waals surface area contributed by atoms with Crippen molar-refractivity contribution in [2.45, 2.75) is 33.1 Å². The van der Waals surface area contributed by atoms with Crippen molar-refractivity contribution in [3.8, 4) is 0 Å². The van der Waals surface area contributed by atoms with E-state index in [2.05, 4.69) is 4.74 Å². The molecule has 0 N–H and O–H groups in total. The van der Waals surface area contributed by atoms with Crippen molar-refractivity contribution >= 4 is 17.5 Å². The van der Waals surface area contributed by atoms with Crippen molar-refractivity contribution < 1.29 is 19.1 Å². The SMILES string of the molecule is COC(=O)/C(=C/CCC(C)=O)CC(C)=O. The molecule has 0 aliphatic rings. The highest BCUT2D eigenvalue weighted by molar-refractivity contribution is 5.95. The lowest BCUT2D eigenvalue weighted by molar-refractivity contribution is -0.137. The molecule has 15 heavy (non-hydrogen) atoms. The molecule has 0 aromatic carbocycles. The van der Waals surface area contributed by atoms with Gasteiger partial charge in [0.15, 0.2) is 0 Å². The van der Waals surface area contributed by atoms with Gasteiger partial charge in [0.1, 0.15) is 11.6 Å². The molecule has 0 fully saturated rings. The maximum Gasteiger partial charge on any atom is 0.333 e. The fourth-order valence-electron chi connectivity index (χ4n) is 1.08. The van der Waals surface area contributed by atoms with Gasteiger partial charge < -0.3 is 9.53 Å². The topological polar surface area (TPSA) is 60.4 Å². The molecule has 0 aromatic rings. The summed E-state index contributed by atoms with van der Waals surface area (Å²) in [5.74, 6) is -0.554. The molecule has 0 saturated heterocycles. The van der Waals surface area contributed by atoms with E-state index in [4.69, 9.17) is 0 Å². The highest BCUT2D eigenvalue weighted by Gasteiger charge is 2.11. The number of rotatable bonds is 6. The number of hydrogen-bond donors (Lipinski definition) is 0. The first-order chi connectivity index (χ1) is 6.97. The van der Waals surface area contributed by atoms with Crippen LogP contribution in [0.25, 0.3) is 0 Å². The molecule has 0 aliphatic heterocycles. The third kappa shape index (κ3) is 6.60. The Bertz CT molecular complexity index is 289. The van der Waals surface area contributed by atoms with E-state index in [0.29, 0.717) is 18.4 Å². The van der Waals surface area contributed by atoms with Gasteiger partial charge in [-0.3, -0.25) is 4.79 Å². The summed E-state index contributed by atoms with van der Waals surface area (Å²) < 4.78 is 4.53. The van der Waals surface area contributed by atoms with E-state index < -0.39 is 5.97 Å². The zero-order chi connectivity index (χ0) is 11.8. The number of hydrogen-bond acceptors (Lipinski definition) is 4. The Labute approximate surface area is 89.3 Å². The lowest BCUT2D eigenvalue weighted by Crippen LogP contribution is -2.08. The highest BCUT2D eigenvalue weighted by Crippen LogP contribution is 2.07. The van der Waals surface area contributed by atoms with Crippen LogP contribution < -0.4 is 0 Å². The Hall–Kier alpha value is -1.45. The van der Waals surface area contributed by atoms with Gasteiger partial charge in [-0.05, 0) is 20.3 Å². The lowest BCUT2D eigenvalue weighted by Gasteiger charge is -2.02. The zero-order valence-electron chi connectivity index (χ0n) is 9.33. The van der Waals surface area contributed by atoms with Gasteiger partial charge in [0.2, 0.25) is 0 Å². The molecule has 0 bridgehead atoms. The largest absolute Gasteiger partial charge is 0.466 e. The number of carbonyl (C=O) groups excluding carboxylic acids is 3. The van der Waals surface area contributed by atoms with Crippen molar-refractivity contribution in [3.05, 3.63) is 11.6 Å². The number of ether oxygens (including phenoxy) is 1. The second-order valence-corrected chi connectivity index (χ2v) is 3.34. The van der Waals surface area contributed by atoms with E-state index >= 15 is 0 Å². The van der Waals surface area contributed by atoms with Gasteiger partial charge in [0, 0.05) is 18.4 Å². The molecule has 0 heterocycles. The molecular formula is C11H16O4. The van der Waals surface area contributed by atoms with Crippen LogP contribution in [0.15, 0.2) is 11.6 Å². The number of carbonyl (C=O) groups is 3. The number of ketones is 2. The fraction of sp³-hybridized carbons (Fsp3) is 0.545. The van der Waals surface area contributed by atoms with Crippen molar-refractivity contribution in [1.82, 2.24) is 0 Å². The van der Waals surface area contributed by atoms with E-state index in [0.717, 1.165) is 0 Å². The zero-order valence-corrected chi connectivity index (χ0v) is 9.33. The summed E-state index contributed by atoms with van der Waals surface area (Å²) in [6.07, 6.45) is 2.49. The summed E-state index contributed by atoms with van der Waals surface area (Å²) in [5.41, 5.74) is 0.325. The first kappa shape index (κ1) is 13.5. The lowest BCUT2D eigenvalue weighted by atomic mass is 10.1. The van der Waals surface area contributed by atoms with Gasteiger partial charge in [0.25, 0.3) is 0 Å². The number of allylic oxidation sites excluding steroid dienone is 1. The molecule has 0 spiro atoms. The van der Waals surface area contributed by atoms with Crippen LogP contribution >= 0.6 is 0 Å². The summed E-state index contributed by atoms with van der Waals surface area (Å²) in [6.45, 7) is 2.89. The van der Waals surface area contributed by atoms with Gasteiger partial charge in [0.05, 0.1) is 7.11 Å². The predicted octanol–water partition coefficient (Wildman–Crippen LogP) is 1.43. The summed E-state index contributed by atoms with van der Waals surface area (Å²) >= 11 is 0. The molecule has 0 aliphatic carbocycles. The van der Waals surface area contributed by atoms with Crippen LogP contribution in [0.4, 0.5) is 0 Å². The molecule has 0 saturated carbocycles. The minimum Gasteiger partial charge on any atom is -0.466 e. The van der Waals surface area contributed by atoms with E-state index in [1.54, 1.807) is 6.08 Å². The molecule has 0 unspecified atom stereocenters. The fourth-order valence-corrected chi connectivity index (χ4v) is 1.08. The normalized spacial score (nSPS) is 11.0. The summed E-state index contributed by atoms with van der Waals surface area (Å²) in [7, 11) is 1.27. The Kier molecular flexibility index (Phi) is 6.25. The van der Waals surface area contributed by atoms with Crippen LogP contribution in [-0.4, -0.2) is 24.6 Å². The van der Waals surface area contributed by atoms with Crippen molar-refractivity contribution in [2.24, 2.45) is 0 Å². The number of methoxy groups -OCH3 is 1. The van der Waals surface area contributed by atoms with E-state index in [-0.39, 0.29) is 18.0 Å². The molecular weight excluding hydrogens is 196 g/mol. The monoisotopic (exact) mass is 212 g/mol. The number of esters is 1. The Morgan fingerprint density at radius 3 is 2.13 bits per heavy atom. The van der Waals surface area contributed by atoms with Crippen LogP contribution in [0.3, 0.4) is 0 Å². The molecule has 0 rings (SSSR count). The second-order valence-electron chi connectivity index (χ2n) is 3.34. The van der Waals surface area contributed by atoms with E-state index in [9.17, 15) is 14.4 Å². The van der Waals surface area contributed by atoms with Gasteiger partial charge >= 0.3 is 5.97 Å². The minimum absolute atomic E-state index is 0.0540. The first-order valence-electron chi connectivity index (χ1n) is 4.73. The first-order valence-corrected chi connectivity index (χ1v) is 4.73. The summed E-state index contributed by atoms with van der Waals surface area (Å²) in [5, 5.41) is 0. The Balaban J connectivity index is 4.40. The van der Waals surface area contributed by atoms with Gasteiger partial charge in [-0.15, -0.1) is 0 Å². The van der Waals surface area contributed by atoms with Crippen LogP contribution in [0, 0.1) is 0 Å². The molecule has 84 valence electrons. The van der Waals surface area contributed by atoms with Crippen LogP contribution in [0.5, 0.6) is 0 Å². The molecule has 0 aromatic heterocycles. The van der Waals surface area contributed by atoms with Gasteiger partial charge in [-0.25, -0.2) is 4.79 Å². The van der Waals surface area contributed by atoms with E-state index in [1.807, 2.05) is 0 Å².